The summed E-state index contributed by atoms with van der Waals surface area (Å²) in [5.41, 5.74) is 0.393. The highest BCUT2D eigenvalue weighted by molar-refractivity contribution is 5.93. The Kier molecular flexibility index (Phi) is 6.69. The third-order valence-corrected chi connectivity index (χ3v) is 3.56. The molecule has 1 saturated heterocycles. The van der Waals surface area contributed by atoms with Crippen LogP contribution in [0.25, 0.3) is 0 Å². The fourth-order valence-corrected chi connectivity index (χ4v) is 2.22. The number of hydrogen-bond donors (Lipinski definition) is 1. The minimum absolute atomic E-state index is 0.0829. The van der Waals surface area contributed by atoms with Gasteiger partial charge in [-0.25, -0.2) is 9.97 Å². The molecule has 0 aromatic carbocycles. The lowest BCUT2D eigenvalue weighted by molar-refractivity contribution is -0.0690. The molecule has 0 unspecified atom stereocenters. The maximum Gasteiger partial charge on any atom is 0.316 e. The van der Waals surface area contributed by atoms with E-state index in [4.69, 9.17) is 14.2 Å². The molecule has 2 atom stereocenters. The third-order valence-electron chi connectivity index (χ3n) is 3.56. The molecule has 1 aliphatic rings. The number of carbonyl (C=O) groups excluding carboxylic acids is 1. The molecule has 1 N–H and O–H groups in total. The molecule has 1 amide bonds. The van der Waals surface area contributed by atoms with E-state index in [0.29, 0.717) is 25.4 Å². The summed E-state index contributed by atoms with van der Waals surface area (Å²) in [5.74, 6) is -0.222. The van der Waals surface area contributed by atoms with Gasteiger partial charge in [-0.15, -0.1) is 0 Å². The summed E-state index contributed by atoms with van der Waals surface area (Å²) in [7, 11) is 5.46. The predicted octanol–water partition coefficient (Wildman–Crippen LogP) is -0.0493. The molecule has 128 valence electrons. The molecule has 2 heterocycles. The molecule has 0 radical (unpaired) electrons. The van der Waals surface area contributed by atoms with E-state index in [-0.39, 0.29) is 24.1 Å². The van der Waals surface area contributed by atoms with E-state index < -0.39 is 0 Å². The van der Waals surface area contributed by atoms with Crippen molar-refractivity contribution in [2.24, 2.45) is 0 Å². The minimum Gasteiger partial charge on any atom is -0.467 e. The number of hydrogen-bond acceptors (Lipinski definition) is 7. The van der Waals surface area contributed by atoms with Crippen molar-refractivity contribution in [2.45, 2.75) is 18.6 Å². The minimum atomic E-state index is -0.222. The molecule has 1 aliphatic heterocycles. The standard InChI is InChI=1S/C15H24N4O4/c1-19(2)5-7-23-13-10-22-6-4-12(13)18-14(20)11-8-16-15(21-3)17-9-11/h8-9,12-13H,4-7,10H2,1-3H3,(H,18,20)/t12-,13-/m1/s1. The molecule has 1 aromatic rings. The Hall–Kier alpha value is -1.77. The normalized spacial score (nSPS) is 21.2. The zero-order valence-electron chi connectivity index (χ0n) is 13.8. The summed E-state index contributed by atoms with van der Waals surface area (Å²) in [4.78, 5) is 22.2. The number of amides is 1. The molecule has 0 bridgehead atoms. The summed E-state index contributed by atoms with van der Waals surface area (Å²) < 4.78 is 16.2. The number of nitrogens with zero attached hydrogens (tertiary/aromatic N) is 3. The van der Waals surface area contributed by atoms with Gasteiger partial charge in [0.2, 0.25) is 0 Å². The lowest BCUT2D eigenvalue weighted by Crippen LogP contribution is -2.50. The summed E-state index contributed by atoms with van der Waals surface area (Å²) >= 11 is 0. The van der Waals surface area contributed by atoms with Crippen LogP contribution >= 0.6 is 0 Å². The van der Waals surface area contributed by atoms with Gasteiger partial charge in [0.25, 0.3) is 5.91 Å². The SMILES string of the molecule is COc1ncc(C(=O)N[C@@H]2CCOC[C@H]2OCCN(C)C)cn1. The van der Waals surface area contributed by atoms with Crippen molar-refractivity contribution in [3.8, 4) is 6.01 Å². The first-order chi connectivity index (χ1) is 11.1. The van der Waals surface area contributed by atoms with Gasteiger partial charge in [0.1, 0.15) is 6.10 Å². The third kappa shape index (κ3) is 5.42. The van der Waals surface area contributed by atoms with Gasteiger partial charge in [0.15, 0.2) is 0 Å². The number of likely N-dealkylation sites (N-methyl/N-ethyl adjacent to an activating group) is 1. The first kappa shape index (κ1) is 17.6. The van der Waals surface area contributed by atoms with E-state index in [1.165, 1.54) is 19.5 Å². The Labute approximate surface area is 136 Å². The lowest BCUT2D eigenvalue weighted by atomic mass is 10.1. The van der Waals surface area contributed by atoms with Crippen molar-refractivity contribution in [3.05, 3.63) is 18.0 Å². The average Bonchev–Trinajstić information content (AvgIpc) is 2.56. The van der Waals surface area contributed by atoms with Gasteiger partial charge in [0.05, 0.1) is 31.9 Å². The van der Waals surface area contributed by atoms with Gasteiger partial charge in [0, 0.05) is 25.5 Å². The monoisotopic (exact) mass is 324 g/mol. The van der Waals surface area contributed by atoms with Crippen LogP contribution in [0.4, 0.5) is 0 Å². The number of carbonyl (C=O) groups is 1. The maximum atomic E-state index is 12.3. The van der Waals surface area contributed by atoms with Gasteiger partial charge >= 0.3 is 6.01 Å². The van der Waals surface area contributed by atoms with Crippen molar-refractivity contribution in [2.75, 3.05) is 47.6 Å². The maximum absolute atomic E-state index is 12.3. The number of methoxy groups -OCH3 is 1. The van der Waals surface area contributed by atoms with Crippen LogP contribution in [-0.2, 0) is 9.47 Å². The molecule has 8 nitrogen and oxygen atoms in total. The van der Waals surface area contributed by atoms with Crippen molar-refractivity contribution >= 4 is 5.91 Å². The van der Waals surface area contributed by atoms with Crippen molar-refractivity contribution < 1.29 is 19.0 Å². The Morgan fingerprint density at radius 2 is 2.17 bits per heavy atom. The Bertz CT molecular complexity index is 495. The van der Waals surface area contributed by atoms with E-state index in [9.17, 15) is 4.79 Å². The highest BCUT2D eigenvalue weighted by atomic mass is 16.5. The van der Waals surface area contributed by atoms with Crippen LogP contribution in [0.5, 0.6) is 6.01 Å². The number of nitrogens with one attached hydrogen (secondary N) is 1. The summed E-state index contributed by atoms with van der Waals surface area (Å²) in [5, 5.41) is 2.98. The molecule has 0 spiro atoms. The van der Waals surface area contributed by atoms with Crippen LogP contribution in [0.3, 0.4) is 0 Å². The van der Waals surface area contributed by atoms with Crippen LogP contribution in [-0.4, -0.2) is 80.5 Å². The van der Waals surface area contributed by atoms with E-state index in [0.717, 1.165) is 13.0 Å². The van der Waals surface area contributed by atoms with E-state index >= 15 is 0 Å². The van der Waals surface area contributed by atoms with Crippen LogP contribution in [0.15, 0.2) is 12.4 Å². The van der Waals surface area contributed by atoms with E-state index in [1.54, 1.807) is 0 Å². The highest BCUT2D eigenvalue weighted by Crippen LogP contribution is 2.13. The predicted molar refractivity (Wildman–Crippen MR) is 83.6 cm³/mol. The first-order valence-electron chi connectivity index (χ1n) is 7.61. The smallest absolute Gasteiger partial charge is 0.316 e. The number of ether oxygens (including phenoxy) is 3. The van der Waals surface area contributed by atoms with Gasteiger partial charge in [-0.2, -0.15) is 0 Å². The fourth-order valence-electron chi connectivity index (χ4n) is 2.22. The van der Waals surface area contributed by atoms with Gasteiger partial charge < -0.3 is 24.4 Å². The quantitative estimate of drug-likeness (QED) is 0.752. The van der Waals surface area contributed by atoms with Gasteiger partial charge in [-0.1, -0.05) is 0 Å². The molecule has 0 saturated carbocycles. The van der Waals surface area contributed by atoms with Crippen LogP contribution in [0, 0.1) is 0 Å². The average molecular weight is 324 g/mol. The number of aromatic nitrogens is 2. The molecule has 1 aromatic heterocycles. The van der Waals surface area contributed by atoms with E-state index in [1.807, 2.05) is 19.0 Å². The molecule has 0 aliphatic carbocycles. The molecular weight excluding hydrogens is 300 g/mol. The molecule has 2 rings (SSSR count). The second-order valence-electron chi connectivity index (χ2n) is 5.61. The summed E-state index contributed by atoms with van der Waals surface area (Å²) in [6.07, 6.45) is 3.46. The first-order valence-corrected chi connectivity index (χ1v) is 7.61. The zero-order chi connectivity index (χ0) is 16.7. The van der Waals surface area contributed by atoms with Crippen LogP contribution in [0.1, 0.15) is 16.8 Å². The Balaban J connectivity index is 1.90. The molecule has 1 fully saturated rings. The van der Waals surface area contributed by atoms with Crippen LogP contribution in [0.2, 0.25) is 0 Å². The summed E-state index contributed by atoms with van der Waals surface area (Å²) in [6.45, 7) is 2.51. The Morgan fingerprint density at radius 3 is 2.83 bits per heavy atom. The fraction of sp³-hybridized carbons (Fsp3) is 0.667. The van der Waals surface area contributed by atoms with Gasteiger partial charge in [-0.05, 0) is 20.5 Å². The van der Waals surface area contributed by atoms with Crippen molar-refractivity contribution in [1.29, 1.82) is 0 Å². The summed E-state index contributed by atoms with van der Waals surface area (Å²) in [6, 6.07) is 0.151. The van der Waals surface area contributed by atoms with Crippen molar-refractivity contribution in [1.82, 2.24) is 20.2 Å². The topological polar surface area (TPSA) is 85.8 Å². The largest absolute Gasteiger partial charge is 0.467 e. The molecule has 8 heteroatoms. The second-order valence-corrected chi connectivity index (χ2v) is 5.61. The van der Waals surface area contributed by atoms with Crippen LogP contribution < -0.4 is 10.1 Å². The van der Waals surface area contributed by atoms with Gasteiger partial charge in [-0.3, -0.25) is 4.79 Å². The highest BCUT2D eigenvalue weighted by Gasteiger charge is 2.28. The lowest BCUT2D eigenvalue weighted by Gasteiger charge is -2.32. The second kappa shape index (κ2) is 8.76. The van der Waals surface area contributed by atoms with E-state index in [2.05, 4.69) is 15.3 Å². The molecule has 23 heavy (non-hydrogen) atoms. The zero-order valence-corrected chi connectivity index (χ0v) is 13.8. The Morgan fingerprint density at radius 1 is 1.43 bits per heavy atom. The number of rotatable bonds is 7. The van der Waals surface area contributed by atoms with Crippen molar-refractivity contribution in [3.63, 3.8) is 0 Å². The molecular formula is C15H24N4O4.